The molecule has 0 spiro atoms. The van der Waals surface area contributed by atoms with Gasteiger partial charge in [-0.05, 0) is 64.0 Å². The molecule has 0 amide bonds. The minimum atomic E-state index is -1.06. The SMILES string of the molecule is CC(O)(c1ccc2cc(I)ccc2c1)c1cnc[nH]1. The number of imidazole rings is 1. The fraction of sp³-hybridized carbons (Fsp3) is 0.133. The minimum absolute atomic E-state index is 0.692. The maximum atomic E-state index is 10.7. The molecule has 0 bridgehead atoms. The van der Waals surface area contributed by atoms with Crippen molar-refractivity contribution in [2.45, 2.75) is 12.5 Å². The molecule has 1 atom stereocenters. The van der Waals surface area contributed by atoms with Gasteiger partial charge >= 0.3 is 0 Å². The van der Waals surface area contributed by atoms with Crippen LogP contribution >= 0.6 is 22.6 Å². The smallest absolute Gasteiger partial charge is 0.128 e. The second-order valence-electron chi connectivity index (χ2n) is 4.74. The number of hydrogen-bond donors (Lipinski definition) is 2. The van der Waals surface area contributed by atoms with Gasteiger partial charge in [0.25, 0.3) is 0 Å². The summed E-state index contributed by atoms with van der Waals surface area (Å²) in [4.78, 5) is 6.94. The van der Waals surface area contributed by atoms with Gasteiger partial charge in [0.05, 0.1) is 18.2 Å². The van der Waals surface area contributed by atoms with Crippen LogP contribution in [0.3, 0.4) is 0 Å². The Bertz CT molecular complexity index is 720. The molecule has 0 radical (unpaired) electrons. The van der Waals surface area contributed by atoms with E-state index in [0.717, 1.165) is 10.9 Å². The molecule has 0 saturated heterocycles. The third kappa shape index (κ3) is 2.26. The number of aromatic amines is 1. The van der Waals surface area contributed by atoms with Crippen LogP contribution in [0.25, 0.3) is 10.8 Å². The standard InChI is InChI=1S/C15H13IN2O/c1-15(19,14-8-17-9-18-14)12-4-2-11-7-13(16)5-3-10(11)6-12/h2-9,19H,1H3,(H,17,18). The number of rotatable bonds is 2. The summed E-state index contributed by atoms with van der Waals surface area (Å²) in [5, 5.41) is 13.0. The zero-order valence-electron chi connectivity index (χ0n) is 10.4. The normalized spacial score (nSPS) is 14.5. The molecule has 4 heteroatoms. The number of benzene rings is 2. The first-order chi connectivity index (χ1) is 9.07. The molecule has 2 aromatic carbocycles. The molecule has 0 aliphatic carbocycles. The first kappa shape index (κ1) is 12.6. The lowest BCUT2D eigenvalue weighted by Gasteiger charge is -2.22. The van der Waals surface area contributed by atoms with Gasteiger partial charge in [-0.1, -0.05) is 18.2 Å². The number of nitrogens with zero attached hydrogens (tertiary/aromatic N) is 1. The molecular formula is C15H13IN2O. The monoisotopic (exact) mass is 364 g/mol. The Hall–Kier alpha value is -1.40. The van der Waals surface area contributed by atoms with Gasteiger partial charge < -0.3 is 10.1 Å². The summed E-state index contributed by atoms with van der Waals surface area (Å²) < 4.78 is 1.21. The fourth-order valence-electron chi connectivity index (χ4n) is 2.20. The van der Waals surface area contributed by atoms with Crippen LogP contribution in [-0.4, -0.2) is 15.1 Å². The van der Waals surface area contributed by atoms with Gasteiger partial charge in [0.15, 0.2) is 0 Å². The first-order valence-electron chi connectivity index (χ1n) is 5.98. The van der Waals surface area contributed by atoms with Crippen molar-refractivity contribution in [3.63, 3.8) is 0 Å². The minimum Gasteiger partial charge on any atom is -0.379 e. The quantitative estimate of drug-likeness (QED) is 0.685. The van der Waals surface area contributed by atoms with Crippen LogP contribution in [0.4, 0.5) is 0 Å². The molecule has 1 aromatic heterocycles. The van der Waals surface area contributed by atoms with Crippen LogP contribution in [0, 0.1) is 3.57 Å². The van der Waals surface area contributed by atoms with Crippen LogP contribution in [0.2, 0.25) is 0 Å². The van der Waals surface area contributed by atoms with Crippen molar-refractivity contribution in [1.82, 2.24) is 9.97 Å². The van der Waals surface area contributed by atoms with Gasteiger partial charge in [-0.25, -0.2) is 4.98 Å². The van der Waals surface area contributed by atoms with E-state index in [-0.39, 0.29) is 0 Å². The van der Waals surface area contributed by atoms with Crippen molar-refractivity contribution in [1.29, 1.82) is 0 Å². The van der Waals surface area contributed by atoms with Crippen LogP contribution in [0.1, 0.15) is 18.2 Å². The van der Waals surface area contributed by atoms with E-state index in [0.29, 0.717) is 5.69 Å². The van der Waals surface area contributed by atoms with Crippen molar-refractivity contribution in [2.24, 2.45) is 0 Å². The van der Waals surface area contributed by atoms with E-state index in [1.54, 1.807) is 19.4 Å². The van der Waals surface area contributed by atoms with Gasteiger partial charge in [0, 0.05) is 3.57 Å². The Morgan fingerprint density at radius 1 is 1.16 bits per heavy atom. The zero-order chi connectivity index (χ0) is 13.5. The van der Waals surface area contributed by atoms with Crippen molar-refractivity contribution in [3.05, 3.63) is 63.7 Å². The van der Waals surface area contributed by atoms with Crippen LogP contribution in [-0.2, 0) is 5.60 Å². The molecular weight excluding hydrogens is 351 g/mol. The summed E-state index contributed by atoms with van der Waals surface area (Å²) in [5.41, 5.74) is 0.482. The number of nitrogens with one attached hydrogen (secondary N) is 1. The lowest BCUT2D eigenvalue weighted by Crippen LogP contribution is -2.23. The highest BCUT2D eigenvalue weighted by atomic mass is 127. The maximum absolute atomic E-state index is 10.7. The number of halogens is 1. The Balaban J connectivity index is 2.13. The fourth-order valence-corrected chi connectivity index (χ4v) is 2.71. The van der Waals surface area contributed by atoms with Gasteiger partial charge in [0.2, 0.25) is 0 Å². The van der Waals surface area contributed by atoms with Gasteiger partial charge in [0.1, 0.15) is 5.60 Å². The van der Waals surface area contributed by atoms with Gasteiger partial charge in [-0.2, -0.15) is 0 Å². The van der Waals surface area contributed by atoms with E-state index in [1.165, 1.54) is 8.96 Å². The van der Waals surface area contributed by atoms with Crippen molar-refractivity contribution in [2.75, 3.05) is 0 Å². The highest BCUT2D eigenvalue weighted by molar-refractivity contribution is 14.1. The van der Waals surface area contributed by atoms with Crippen LogP contribution in [0.15, 0.2) is 48.9 Å². The molecule has 0 saturated carbocycles. The summed E-state index contributed by atoms with van der Waals surface area (Å²) in [6.45, 7) is 1.77. The second-order valence-corrected chi connectivity index (χ2v) is 5.99. The molecule has 0 fully saturated rings. The van der Waals surface area contributed by atoms with E-state index in [2.05, 4.69) is 50.8 Å². The van der Waals surface area contributed by atoms with Crippen LogP contribution in [0.5, 0.6) is 0 Å². The predicted molar refractivity (Wildman–Crippen MR) is 83.9 cm³/mol. The van der Waals surface area contributed by atoms with E-state index in [1.807, 2.05) is 18.2 Å². The molecule has 0 aliphatic rings. The van der Waals surface area contributed by atoms with E-state index in [9.17, 15) is 5.11 Å². The average Bonchev–Trinajstić information content (AvgIpc) is 2.92. The maximum Gasteiger partial charge on any atom is 0.128 e. The summed E-state index contributed by atoms with van der Waals surface area (Å²) in [6.07, 6.45) is 3.23. The molecule has 3 rings (SSSR count). The zero-order valence-corrected chi connectivity index (χ0v) is 12.5. The van der Waals surface area contributed by atoms with E-state index < -0.39 is 5.60 Å². The molecule has 1 heterocycles. The summed E-state index contributed by atoms with van der Waals surface area (Å²) in [7, 11) is 0. The Morgan fingerprint density at radius 3 is 2.63 bits per heavy atom. The summed E-state index contributed by atoms with van der Waals surface area (Å²) in [6, 6.07) is 12.3. The third-order valence-electron chi connectivity index (χ3n) is 3.39. The number of hydrogen-bond acceptors (Lipinski definition) is 2. The highest BCUT2D eigenvalue weighted by Gasteiger charge is 2.27. The number of aromatic nitrogens is 2. The lowest BCUT2D eigenvalue weighted by molar-refractivity contribution is 0.0980. The molecule has 96 valence electrons. The van der Waals surface area contributed by atoms with Crippen molar-refractivity contribution in [3.8, 4) is 0 Å². The molecule has 2 N–H and O–H groups in total. The first-order valence-corrected chi connectivity index (χ1v) is 7.06. The Morgan fingerprint density at radius 2 is 1.89 bits per heavy atom. The summed E-state index contributed by atoms with van der Waals surface area (Å²) in [5.74, 6) is 0. The predicted octanol–water partition coefficient (Wildman–Crippen LogP) is 3.42. The van der Waals surface area contributed by atoms with E-state index >= 15 is 0 Å². The Labute approximate surface area is 124 Å². The van der Waals surface area contributed by atoms with E-state index in [4.69, 9.17) is 0 Å². The Kier molecular flexibility index (Phi) is 3.06. The molecule has 3 aromatic rings. The average molecular weight is 364 g/mol. The second kappa shape index (κ2) is 4.61. The lowest BCUT2D eigenvalue weighted by atomic mass is 9.91. The van der Waals surface area contributed by atoms with Crippen molar-refractivity contribution >= 4 is 33.4 Å². The number of aliphatic hydroxyl groups is 1. The van der Waals surface area contributed by atoms with Crippen LogP contribution < -0.4 is 0 Å². The largest absolute Gasteiger partial charge is 0.379 e. The topological polar surface area (TPSA) is 48.9 Å². The van der Waals surface area contributed by atoms with Crippen molar-refractivity contribution < 1.29 is 5.11 Å². The molecule has 1 unspecified atom stereocenters. The number of H-pyrrole nitrogens is 1. The molecule has 3 nitrogen and oxygen atoms in total. The molecule has 19 heavy (non-hydrogen) atoms. The van der Waals surface area contributed by atoms with Gasteiger partial charge in [-0.3, -0.25) is 0 Å². The highest BCUT2D eigenvalue weighted by Crippen LogP contribution is 2.30. The van der Waals surface area contributed by atoms with Gasteiger partial charge in [-0.15, -0.1) is 0 Å². The molecule has 0 aliphatic heterocycles. The summed E-state index contributed by atoms with van der Waals surface area (Å²) >= 11 is 2.30. The number of fused-ring (bicyclic) bond motifs is 1. The third-order valence-corrected chi connectivity index (χ3v) is 4.06.